The summed E-state index contributed by atoms with van der Waals surface area (Å²) in [5, 5.41) is 18.3. The Morgan fingerprint density at radius 3 is 2.85 bits per heavy atom. The van der Waals surface area contributed by atoms with Crippen molar-refractivity contribution in [3.8, 4) is 5.88 Å². The Balaban J connectivity index is 0.00000274. The molecule has 0 unspecified atom stereocenters. The number of halogens is 2. The molecule has 1 saturated heterocycles. The number of amides is 1. The van der Waals surface area contributed by atoms with Crippen molar-refractivity contribution in [3.05, 3.63) is 59.4 Å². The third-order valence-electron chi connectivity index (χ3n) is 6.03. The lowest BCUT2D eigenvalue weighted by molar-refractivity contribution is -0.126. The summed E-state index contributed by atoms with van der Waals surface area (Å²) < 4.78 is 13.9. The van der Waals surface area contributed by atoms with E-state index in [0.717, 1.165) is 25.9 Å². The van der Waals surface area contributed by atoms with Crippen molar-refractivity contribution in [2.75, 3.05) is 26.7 Å². The molecule has 0 saturated carbocycles. The number of fused-ring (bicyclic) bond motifs is 2. The first-order valence-corrected chi connectivity index (χ1v) is 10.9. The highest BCUT2D eigenvalue weighted by Gasteiger charge is 2.29. The molecule has 0 atom stereocenters. The van der Waals surface area contributed by atoms with E-state index in [4.69, 9.17) is 4.84 Å². The van der Waals surface area contributed by atoms with Crippen LogP contribution in [0.15, 0.2) is 52.6 Å². The number of aromatic nitrogens is 1. The van der Waals surface area contributed by atoms with Crippen molar-refractivity contribution in [1.29, 1.82) is 0 Å². The number of carbonyl (C=O) groups is 1. The van der Waals surface area contributed by atoms with Gasteiger partial charge >= 0.3 is 0 Å². The zero-order chi connectivity index (χ0) is 22.9. The van der Waals surface area contributed by atoms with Gasteiger partial charge in [-0.15, -0.1) is 12.4 Å². The summed E-state index contributed by atoms with van der Waals surface area (Å²) in [5.74, 6) is -0.815. The molecule has 10 heteroatoms. The van der Waals surface area contributed by atoms with Crippen molar-refractivity contribution in [1.82, 2.24) is 15.2 Å². The van der Waals surface area contributed by atoms with Gasteiger partial charge in [-0.25, -0.2) is 9.38 Å². The molecule has 178 valence electrons. The first kappa shape index (κ1) is 23.7. The van der Waals surface area contributed by atoms with E-state index >= 15 is 0 Å². The standard InChI is InChI=1S/C24H24FN5O3.ClH/c1-30-10-8-15(9-11-30)26-20(31)13-33-29-22-16-4-2-3-5-18(16)27-23(22)21-17-12-14(25)6-7-19(17)28-24(21)32;/h2-7,12,15,28,32H,8-11,13H2,1H3,(H,26,31);1H/b29-22+;. The minimum Gasteiger partial charge on any atom is -0.494 e. The average Bonchev–Trinajstić information content (AvgIpc) is 3.31. The molecule has 0 aliphatic carbocycles. The summed E-state index contributed by atoms with van der Waals surface area (Å²) in [4.78, 5) is 27.5. The largest absolute Gasteiger partial charge is 0.494 e. The first-order chi connectivity index (χ1) is 16.0. The Labute approximate surface area is 201 Å². The molecule has 0 bridgehead atoms. The molecule has 5 rings (SSSR count). The van der Waals surface area contributed by atoms with Crippen molar-refractivity contribution in [3.63, 3.8) is 0 Å². The summed E-state index contributed by atoms with van der Waals surface area (Å²) in [6.45, 7) is 1.65. The number of piperidine rings is 1. The van der Waals surface area contributed by atoms with Gasteiger partial charge in [0.25, 0.3) is 5.91 Å². The summed E-state index contributed by atoms with van der Waals surface area (Å²) in [6.07, 6.45) is 1.80. The van der Waals surface area contributed by atoms with Crippen molar-refractivity contribution < 1.29 is 19.1 Å². The van der Waals surface area contributed by atoms with Gasteiger partial charge in [0.15, 0.2) is 12.5 Å². The number of aliphatic imine (C=N–C) groups is 1. The quantitative estimate of drug-likeness (QED) is 0.481. The molecule has 0 spiro atoms. The van der Waals surface area contributed by atoms with E-state index in [1.165, 1.54) is 12.1 Å². The molecule has 0 radical (unpaired) electrons. The topological polar surface area (TPSA) is 102 Å². The highest BCUT2D eigenvalue weighted by Crippen LogP contribution is 2.35. The summed E-state index contributed by atoms with van der Waals surface area (Å²) in [7, 11) is 2.07. The molecule has 3 heterocycles. The molecule has 2 aliphatic rings. The molecule has 1 fully saturated rings. The van der Waals surface area contributed by atoms with E-state index in [0.29, 0.717) is 39.1 Å². The summed E-state index contributed by atoms with van der Waals surface area (Å²) >= 11 is 0. The zero-order valence-corrected chi connectivity index (χ0v) is 19.4. The van der Waals surface area contributed by atoms with Gasteiger partial charge in [0, 0.05) is 22.5 Å². The number of H-pyrrole nitrogens is 1. The number of benzene rings is 2. The normalized spacial score (nSPS) is 17.4. The number of rotatable bonds is 5. The molecule has 34 heavy (non-hydrogen) atoms. The third kappa shape index (κ3) is 4.62. The number of likely N-dealkylation sites (tertiary alicyclic amines) is 1. The molecule has 8 nitrogen and oxygen atoms in total. The number of hydrogen-bond donors (Lipinski definition) is 3. The maximum Gasteiger partial charge on any atom is 0.260 e. The molecular weight excluding hydrogens is 461 g/mol. The van der Waals surface area contributed by atoms with Crippen molar-refractivity contribution in [2.45, 2.75) is 18.9 Å². The van der Waals surface area contributed by atoms with Crippen LogP contribution in [-0.2, 0) is 9.63 Å². The highest BCUT2D eigenvalue weighted by molar-refractivity contribution is 6.58. The van der Waals surface area contributed by atoms with E-state index in [9.17, 15) is 14.3 Å². The van der Waals surface area contributed by atoms with Crippen LogP contribution in [0.3, 0.4) is 0 Å². The van der Waals surface area contributed by atoms with Crippen LogP contribution < -0.4 is 5.32 Å². The Kier molecular flexibility index (Phi) is 6.85. The van der Waals surface area contributed by atoms with E-state index in [-0.39, 0.29) is 36.8 Å². The summed E-state index contributed by atoms with van der Waals surface area (Å²) in [5.41, 5.74) is 2.97. The van der Waals surface area contributed by atoms with Gasteiger partial charge in [-0.05, 0) is 57.2 Å². The van der Waals surface area contributed by atoms with Gasteiger partial charge in [-0.3, -0.25) is 4.79 Å². The second-order valence-electron chi connectivity index (χ2n) is 8.37. The van der Waals surface area contributed by atoms with E-state index < -0.39 is 5.82 Å². The lowest BCUT2D eigenvalue weighted by Crippen LogP contribution is -2.44. The Morgan fingerprint density at radius 2 is 2.06 bits per heavy atom. The number of hydrogen-bond acceptors (Lipinski definition) is 6. The van der Waals surface area contributed by atoms with Gasteiger partial charge in [0.1, 0.15) is 17.2 Å². The highest BCUT2D eigenvalue weighted by atomic mass is 35.5. The van der Waals surface area contributed by atoms with Crippen LogP contribution in [-0.4, -0.2) is 65.1 Å². The number of nitrogens with one attached hydrogen (secondary N) is 2. The predicted molar refractivity (Wildman–Crippen MR) is 131 cm³/mol. The molecule has 2 aromatic carbocycles. The van der Waals surface area contributed by atoms with Crippen LogP contribution in [0.5, 0.6) is 5.88 Å². The fourth-order valence-electron chi connectivity index (χ4n) is 4.31. The monoisotopic (exact) mass is 485 g/mol. The van der Waals surface area contributed by atoms with Crippen LogP contribution in [0.2, 0.25) is 0 Å². The van der Waals surface area contributed by atoms with Crippen molar-refractivity contribution >= 4 is 46.3 Å². The average molecular weight is 486 g/mol. The van der Waals surface area contributed by atoms with E-state index in [2.05, 4.69) is 32.4 Å². The third-order valence-corrected chi connectivity index (χ3v) is 6.03. The number of aromatic amines is 1. The minimum atomic E-state index is -0.431. The fraction of sp³-hybridized carbons (Fsp3) is 0.292. The van der Waals surface area contributed by atoms with Gasteiger partial charge in [-0.2, -0.15) is 0 Å². The number of nitrogens with zero attached hydrogens (tertiary/aromatic N) is 3. The molecule has 3 N–H and O–H groups in total. The molecule has 2 aliphatic heterocycles. The maximum absolute atomic E-state index is 13.9. The molecular formula is C24H25ClFN5O3. The van der Waals surface area contributed by atoms with Gasteiger partial charge in [0.2, 0.25) is 0 Å². The molecule has 3 aromatic rings. The number of para-hydroxylation sites is 1. The SMILES string of the molecule is CN1CCC(NC(=O)CO/N=C2/C(c3c(O)[nH]c4ccc(F)cc34)=Nc3ccccc32)CC1.Cl. The minimum absolute atomic E-state index is 0. The number of carbonyl (C=O) groups excluding carboxylic acids is 1. The fourth-order valence-corrected chi connectivity index (χ4v) is 4.31. The molecule has 1 aromatic heterocycles. The first-order valence-electron chi connectivity index (χ1n) is 10.9. The summed E-state index contributed by atoms with van der Waals surface area (Å²) in [6, 6.07) is 11.7. The van der Waals surface area contributed by atoms with Gasteiger partial charge in [0.05, 0.1) is 11.3 Å². The lowest BCUT2D eigenvalue weighted by atomic mass is 10.0. The second kappa shape index (κ2) is 9.82. The van der Waals surface area contributed by atoms with Crippen LogP contribution in [0.25, 0.3) is 10.9 Å². The van der Waals surface area contributed by atoms with Gasteiger partial charge in [-0.1, -0.05) is 23.4 Å². The van der Waals surface area contributed by atoms with Crippen LogP contribution in [0.4, 0.5) is 10.1 Å². The van der Waals surface area contributed by atoms with Crippen molar-refractivity contribution in [2.24, 2.45) is 10.1 Å². The Hall–Kier alpha value is -3.43. The van der Waals surface area contributed by atoms with Crippen LogP contribution in [0, 0.1) is 5.82 Å². The zero-order valence-electron chi connectivity index (χ0n) is 18.5. The maximum atomic E-state index is 13.9. The van der Waals surface area contributed by atoms with Crippen LogP contribution >= 0.6 is 12.4 Å². The predicted octanol–water partition coefficient (Wildman–Crippen LogP) is 3.50. The number of aromatic hydroxyl groups is 1. The number of oxime groups is 1. The molecule has 1 amide bonds. The van der Waals surface area contributed by atoms with E-state index in [1.807, 2.05) is 24.3 Å². The smallest absolute Gasteiger partial charge is 0.260 e. The van der Waals surface area contributed by atoms with Gasteiger partial charge < -0.3 is 25.1 Å². The Bertz CT molecular complexity index is 1280. The second-order valence-corrected chi connectivity index (χ2v) is 8.37. The lowest BCUT2D eigenvalue weighted by Gasteiger charge is -2.29. The van der Waals surface area contributed by atoms with Crippen LogP contribution in [0.1, 0.15) is 24.0 Å². The Morgan fingerprint density at radius 1 is 1.29 bits per heavy atom. The van der Waals surface area contributed by atoms with E-state index in [1.54, 1.807) is 6.07 Å².